The lowest BCUT2D eigenvalue weighted by molar-refractivity contribution is 0.255. The highest BCUT2D eigenvalue weighted by Gasteiger charge is 2.07. The Morgan fingerprint density at radius 3 is 2.31 bits per heavy atom. The zero-order valence-corrected chi connectivity index (χ0v) is 11.2. The van der Waals surface area contributed by atoms with E-state index in [1.54, 1.807) is 0 Å². The predicted octanol–water partition coefficient (Wildman–Crippen LogP) is 3.13. The molecule has 3 nitrogen and oxygen atoms in total. The second-order valence-corrected chi connectivity index (χ2v) is 5.05. The van der Waals surface area contributed by atoms with E-state index in [0.717, 1.165) is 12.2 Å². The largest absolute Gasteiger partial charge is 0.375 e. The molecule has 0 aliphatic carbocycles. The number of nitrogens with zero attached hydrogens (tertiary/aromatic N) is 2. The van der Waals surface area contributed by atoms with E-state index < -0.39 is 0 Å². The molecule has 0 spiro atoms. The van der Waals surface area contributed by atoms with Crippen molar-refractivity contribution >= 4 is 16.5 Å². The van der Waals surface area contributed by atoms with Gasteiger partial charge in [0.1, 0.15) is 0 Å². The molecule has 0 saturated carbocycles. The Morgan fingerprint density at radius 2 is 1.88 bits per heavy atom. The van der Waals surface area contributed by atoms with E-state index in [4.69, 9.17) is 5.73 Å². The molecule has 0 bridgehead atoms. The molecule has 0 aliphatic rings. The monoisotopic (exact) mass is 241 g/mol. The maximum absolute atomic E-state index is 5.64. The molecule has 0 unspecified atom stereocenters. The second kappa shape index (κ2) is 7.63. The van der Waals surface area contributed by atoms with E-state index in [0.29, 0.717) is 5.13 Å². The Balaban J connectivity index is 2.41. The molecule has 0 atom stereocenters. The summed E-state index contributed by atoms with van der Waals surface area (Å²) in [6, 6.07) is 0. The van der Waals surface area contributed by atoms with Crippen molar-refractivity contribution in [1.29, 1.82) is 0 Å². The Bertz CT molecular complexity index is 278. The van der Waals surface area contributed by atoms with Gasteiger partial charge in [0.2, 0.25) is 0 Å². The van der Waals surface area contributed by atoms with Crippen LogP contribution in [0.25, 0.3) is 0 Å². The molecule has 0 aliphatic heterocycles. The Labute approximate surface area is 103 Å². The van der Waals surface area contributed by atoms with Crippen molar-refractivity contribution in [3.05, 3.63) is 11.1 Å². The van der Waals surface area contributed by atoms with Crippen molar-refractivity contribution in [3.8, 4) is 0 Å². The van der Waals surface area contributed by atoms with Gasteiger partial charge in [-0.1, -0.05) is 26.7 Å². The smallest absolute Gasteiger partial charge is 0.180 e. The highest BCUT2D eigenvalue weighted by Crippen LogP contribution is 2.13. The number of nitrogens with two attached hydrogens (primary N) is 1. The third kappa shape index (κ3) is 4.94. The molecule has 0 saturated heterocycles. The van der Waals surface area contributed by atoms with Crippen molar-refractivity contribution in [2.24, 2.45) is 0 Å². The number of hydrogen-bond donors (Lipinski definition) is 1. The first-order valence-corrected chi connectivity index (χ1v) is 7.06. The predicted molar refractivity (Wildman–Crippen MR) is 71.6 cm³/mol. The molecule has 16 heavy (non-hydrogen) atoms. The molecule has 92 valence electrons. The van der Waals surface area contributed by atoms with E-state index in [1.807, 2.05) is 0 Å². The van der Waals surface area contributed by atoms with Gasteiger partial charge in [-0.3, -0.25) is 4.90 Å². The van der Waals surface area contributed by atoms with Gasteiger partial charge in [0.05, 0.1) is 5.69 Å². The lowest BCUT2D eigenvalue weighted by Gasteiger charge is -2.20. The Morgan fingerprint density at radius 1 is 1.25 bits per heavy atom. The minimum absolute atomic E-state index is 0.681. The molecule has 0 amide bonds. The fourth-order valence-corrected chi connectivity index (χ4v) is 2.21. The fraction of sp³-hybridized carbons (Fsp3) is 0.750. The Hall–Kier alpha value is -0.610. The number of thiazole rings is 1. The summed E-state index contributed by atoms with van der Waals surface area (Å²) in [5.74, 6) is 0. The van der Waals surface area contributed by atoms with Gasteiger partial charge in [0.25, 0.3) is 0 Å². The maximum atomic E-state index is 5.64. The molecule has 0 radical (unpaired) electrons. The molecular weight excluding hydrogens is 218 g/mol. The van der Waals surface area contributed by atoms with Crippen LogP contribution in [0.2, 0.25) is 0 Å². The van der Waals surface area contributed by atoms with Crippen molar-refractivity contribution in [3.63, 3.8) is 0 Å². The summed E-state index contributed by atoms with van der Waals surface area (Å²) >= 11 is 1.53. The summed E-state index contributed by atoms with van der Waals surface area (Å²) in [6.07, 6.45) is 5.04. The molecule has 0 aromatic carbocycles. The van der Waals surface area contributed by atoms with Crippen LogP contribution in [0.1, 0.15) is 45.2 Å². The van der Waals surface area contributed by atoms with Crippen LogP contribution in [0.3, 0.4) is 0 Å². The zero-order valence-electron chi connectivity index (χ0n) is 10.4. The van der Waals surface area contributed by atoms with Gasteiger partial charge in [-0.2, -0.15) is 0 Å². The van der Waals surface area contributed by atoms with E-state index in [9.17, 15) is 0 Å². The normalized spacial score (nSPS) is 11.2. The lowest BCUT2D eigenvalue weighted by atomic mass is 10.2. The molecule has 1 rings (SSSR count). The molecule has 1 aromatic rings. The summed E-state index contributed by atoms with van der Waals surface area (Å²) in [7, 11) is 0. The molecule has 1 heterocycles. The summed E-state index contributed by atoms with van der Waals surface area (Å²) in [5, 5.41) is 2.75. The van der Waals surface area contributed by atoms with Crippen LogP contribution in [-0.4, -0.2) is 23.0 Å². The maximum Gasteiger partial charge on any atom is 0.180 e. The van der Waals surface area contributed by atoms with Crippen LogP contribution in [0.15, 0.2) is 5.38 Å². The topological polar surface area (TPSA) is 42.1 Å². The van der Waals surface area contributed by atoms with Crippen molar-refractivity contribution in [1.82, 2.24) is 9.88 Å². The van der Waals surface area contributed by atoms with Gasteiger partial charge in [0, 0.05) is 11.9 Å². The summed E-state index contributed by atoms with van der Waals surface area (Å²) in [6.45, 7) is 7.77. The van der Waals surface area contributed by atoms with Gasteiger partial charge in [-0.15, -0.1) is 11.3 Å². The van der Waals surface area contributed by atoms with Crippen molar-refractivity contribution < 1.29 is 0 Å². The third-order valence-electron chi connectivity index (χ3n) is 2.61. The quantitative estimate of drug-likeness (QED) is 0.760. The minimum Gasteiger partial charge on any atom is -0.375 e. The lowest BCUT2D eigenvalue weighted by Crippen LogP contribution is -2.25. The summed E-state index contributed by atoms with van der Waals surface area (Å²) in [4.78, 5) is 6.81. The van der Waals surface area contributed by atoms with Gasteiger partial charge in [-0.25, -0.2) is 4.98 Å². The number of hydrogen-bond acceptors (Lipinski definition) is 4. The highest BCUT2D eigenvalue weighted by molar-refractivity contribution is 7.13. The zero-order chi connectivity index (χ0) is 11.8. The molecule has 2 N–H and O–H groups in total. The van der Waals surface area contributed by atoms with Gasteiger partial charge in [0.15, 0.2) is 5.13 Å². The van der Waals surface area contributed by atoms with Gasteiger partial charge < -0.3 is 5.73 Å². The number of unbranched alkanes of at least 4 members (excludes halogenated alkanes) is 2. The third-order valence-corrected chi connectivity index (χ3v) is 3.33. The Kier molecular flexibility index (Phi) is 6.42. The van der Waals surface area contributed by atoms with Crippen molar-refractivity contribution in [2.45, 2.75) is 46.1 Å². The SMILES string of the molecule is CCCCN(CCCC)Cc1csc(N)n1. The fourth-order valence-electron chi connectivity index (χ4n) is 1.66. The van der Waals surface area contributed by atoms with E-state index in [-0.39, 0.29) is 0 Å². The first-order chi connectivity index (χ1) is 7.76. The molecule has 0 fully saturated rings. The first kappa shape index (κ1) is 13.5. The number of rotatable bonds is 8. The minimum atomic E-state index is 0.681. The second-order valence-electron chi connectivity index (χ2n) is 4.16. The van der Waals surface area contributed by atoms with Gasteiger partial charge >= 0.3 is 0 Å². The summed E-state index contributed by atoms with van der Waals surface area (Å²) < 4.78 is 0. The summed E-state index contributed by atoms with van der Waals surface area (Å²) in [5.41, 5.74) is 6.76. The number of nitrogen functional groups attached to an aromatic ring is 1. The standard InChI is InChI=1S/C12H23N3S/c1-3-5-7-15(8-6-4-2)9-11-10-16-12(13)14-11/h10H,3-9H2,1-2H3,(H2,13,14). The number of anilines is 1. The van der Waals surface area contributed by atoms with Gasteiger partial charge in [-0.05, 0) is 25.9 Å². The number of aromatic nitrogens is 1. The van der Waals surface area contributed by atoms with Crippen LogP contribution in [0.5, 0.6) is 0 Å². The van der Waals surface area contributed by atoms with Crippen LogP contribution in [0, 0.1) is 0 Å². The molecule has 1 aromatic heterocycles. The van der Waals surface area contributed by atoms with Crippen LogP contribution < -0.4 is 5.73 Å². The van der Waals surface area contributed by atoms with Crippen LogP contribution in [-0.2, 0) is 6.54 Å². The van der Waals surface area contributed by atoms with Crippen LogP contribution >= 0.6 is 11.3 Å². The average Bonchev–Trinajstić information content (AvgIpc) is 2.68. The average molecular weight is 241 g/mol. The van der Waals surface area contributed by atoms with E-state index >= 15 is 0 Å². The van der Waals surface area contributed by atoms with E-state index in [2.05, 4.69) is 29.1 Å². The van der Waals surface area contributed by atoms with Crippen molar-refractivity contribution in [2.75, 3.05) is 18.8 Å². The first-order valence-electron chi connectivity index (χ1n) is 6.18. The molecular formula is C12H23N3S. The van der Waals surface area contributed by atoms with Crippen LogP contribution in [0.4, 0.5) is 5.13 Å². The molecule has 4 heteroatoms. The van der Waals surface area contributed by atoms with E-state index in [1.165, 1.54) is 50.1 Å². The highest BCUT2D eigenvalue weighted by atomic mass is 32.1.